The molecular weight excluding hydrogens is 479 g/mol. The number of carbonyl (C=O) groups is 2. The number of halogens is 2. The number of anilines is 1. The van der Waals surface area contributed by atoms with E-state index in [4.69, 9.17) is 33.0 Å². The van der Waals surface area contributed by atoms with Gasteiger partial charge in [-0.25, -0.2) is 4.79 Å². The highest BCUT2D eigenvalue weighted by molar-refractivity contribution is 6.39. The molecule has 0 saturated heterocycles. The number of carboxylic acid groups (broad SMARTS) is 1. The molecule has 9 heteroatoms. The molecule has 0 unspecified atom stereocenters. The first kappa shape index (κ1) is 25.4. The summed E-state index contributed by atoms with van der Waals surface area (Å²) in [5.41, 5.74) is 3.14. The molecule has 0 aliphatic heterocycles. The molecule has 3 aromatic carbocycles. The van der Waals surface area contributed by atoms with Crippen LogP contribution in [0.25, 0.3) is 0 Å². The van der Waals surface area contributed by atoms with E-state index in [0.29, 0.717) is 30.3 Å². The normalized spacial score (nSPS) is 10.9. The van der Waals surface area contributed by atoms with Crippen molar-refractivity contribution in [1.29, 1.82) is 0 Å². The van der Waals surface area contributed by atoms with Crippen LogP contribution in [-0.4, -0.2) is 22.1 Å². The number of phenolic OH excluding ortho intramolecular Hbond substituents is 1. The average Bonchev–Trinajstić information content (AvgIpc) is 2.78. The van der Waals surface area contributed by atoms with Crippen LogP contribution in [0.4, 0.5) is 5.69 Å². The molecule has 0 bridgehead atoms. The zero-order valence-electron chi connectivity index (χ0n) is 18.6. The predicted molar refractivity (Wildman–Crippen MR) is 132 cm³/mol. The van der Waals surface area contributed by atoms with Gasteiger partial charge in [-0.05, 0) is 47.4 Å². The van der Waals surface area contributed by atoms with Crippen molar-refractivity contribution in [3.05, 3.63) is 81.3 Å². The molecule has 1 amide bonds. The fraction of sp³-hybridized carbons (Fsp3) is 0.200. The molecule has 0 atom stereocenters. The van der Waals surface area contributed by atoms with Crippen LogP contribution in [0.1, 0.15) is 36.5 Å². The van der Waals surface area contributed by atoms with Gasteiger partial charge in [-0.3, -0.25) is 4.79 Å². The number of ether oxygens (including phenoxy) is 1. The molecule has 0 spiro atoms. The number of carbonyl (C=O) groups excluding carboxylic acids is 1. The first-order valence-electron chi connectivity index (χ1n) is 10.5. The SMILES string of the molecule is CC(C)c1ccc(CNCc2cc(Oc3c(Cl)cc(NC(=O)C(=O)O)cc3Cl)ccc2O)cc1. The van der Waals surface area contributed by atoms with E-state index in [2.05, 4.69) is 48.7 Å². The number of aromatic hydroxyl groups is 1. The Balaban J connectivity index is 1.67. The predicted octanol–water partition coefficient (Wildman–Crippen LogP) is 5.93. The lowest BCUT2D eigenvalue weighted by atomic mass is 10.0. The Bertz CT molecular complexity index is 1170. The van der Waals surface area contributed by atoms with Gasteiger partial charge in [-0.1, -0.05) is 61.3 Å². The van der Waals surface area contributed by atoms with Gasteiger partial charge in [-0.2, -0.15) is 0 Å². The van der Waals surface area contributed by atoms with E-state index < -0.39 is 11.9 Å². The Morgan fingerprint density at radius 3 is 2.21 bits per heavy atom. The van der Waals surface area contributed by atoms with Crippen LogP contribution in [0.3, 0.4) is 0 Å². The fourth-order valence-electron chi connectivity index (χ4n) is 3.16. The lowest BCUT2D eigenvalue weighted by Crippen LogP contribution is -2.21. The number of phenols is 1. The van der Waals surface area contributed by atoms with Gasteiger partial charge in [0.15, 0.2) is 5.75 Å². The quantitative estimate of drug-likeness (QED) is 0.284. The number of nitrogens with one attached hydrogen (secondary N) is 2. The van der Waals surface area contributed by atoms with E-state index in [1.807, 2.05) is 0 Å². The Hall–Kier alpha value is -3.26. The molecular formula is C25H24Cl2N2O5. The molecule has 0 aromatic heterocycles. The summed E-state index contributed by atoms with van der Waals surface area (Å²) >= 11 is 12.5. The minimum absolute atomic E-state index is 0.0748. The zero-order chi connectivity index (χ0) is 24.8. The highest BCUT2D eigenvalue weighted by Gasteiger charge is 2.16. The molecule has 0 heterocycles. The van der Waals surface area contributed by atoms with Crippen LogP contribution in [-0.2, 0) is 22.7 Å². The number of aliphatic carboxylic acids is 1. The van der Waals surface area contributed by atoms with Crippen molar-refractivity contribution < 1.29 is 24.5 Å². The summed E-state index contributed by atoms with van der Waals surface area (Å²) in [6.07, 6.45) is 0. The fourth-order valence-corrected chi connectivity index (χ4v) is 3.73. The molecule has 178 valence electrons. The van der Waals surface area contributed by atoms with Gasteiger partial charge in [0.2, 0.25) is 0 Å². The summed E-state index contributed by atoms with van der Waals surface area (Å²) in [7, 11) is 0. The van der Waals surface area contributed by atoms with Crippen molar-refractivity contribution >= 4 is 40.8 Å². The largest absolute Gasteiger partial charge is 0.508 e. The lowest BCUT2D eigenvalue weighted by molar-refractivity contribution is -0.147. The second kappa shape index (κ2) is 11.2. The molecule has 0 fully saturated rings. The number of rotatable bonds is 8. The number of amides is 1. The molecule has 34 heavy (non-hydrogen) atoms. The Labute approximate surface area is 207 Å². The van der Waals surface area contributed by atoms with Crippen LogP contribution < -0.4 is 15.4 Å². The van der Waals surface area contributed by atoms with Crippen LogP contribution in [0.2, 0.25) is 10.0 Å². The van der Waals surface area contributed by atoms with Gasteiger partial charge in [0, 0.05) is 24.3 Å². The molecule has 3 rings (SSSR count). The van der Waals surface area contributed by atoms with Crippen LogP contribution in [0, 0.1) is 0 Å². The van der Waals surface area contributed by atoms with Gasteiger partial charge >= 0.3 is 11.9 Å². The van der Waals surface area contributed by atoms with E-state index in [9.17, 15) is 14.7 Å². The smallest absolute Gasteiger partial charge is 0.394 e. The van der Waals surface area contributed by atoms with Crippen molar-refractivity contribution in [2.45, 2.75) is 32.9 Å². The summed E-state index contributed by atoms with van der Waals surface area (Å²) in [6, 6.07) is 15.8. The van der Waals surface area contributed by atoms with Gasteiger partial charge in [0.25, 0.3) is 0 Å². The second-order valence-corrected chi connectivity index (χ2v) is 8.74. The van der Waals surface area contributed by atoms with Crippen molar-refractivity contribution in [3.63, 3.8) is 0 Å². The third kappa shape index (κ3) is 6.63. The van der Waals surface area contributed by atoms with Crippen LogP contribution in [0.5, 0.6) is 17.2 Å². The lowest BCUT2D eigenvalue weighted by Gasteiger charge is -2.14. The maximum atomic E-state index is 11.3. The third-order valence-electron chi connectivity index (χ3n) is 5.01. The Morgan fingerprint density at radius 1 is 0.971 bits per heavy atom. The summed E-state index contributed by atoms with van der Waals surface area (Å²) in [6.45, 7) is 5.33. The van der Waals surface area contributed by atoms with Crippen molar-refractivity contribution in [2.24, 2.45) is 0 Å². The summed E-state index contributed by atoms with van der Waals surface area (Å²) in [5.74, 6) is -1.74. The minimum Gasteiger partial charge on any atom is -0.508 e. The summed E-state index contributed by atoms with van der Waals surface area (Å²) < 4.78 is 5.81. The average molecular weight is 503 g/mol. The third-order valence-corrected chi connectivity index (χ3v) is 5.57. The van der Waals surface area contributed by atoms with E-state index in [1.165, 1.54) is 23.8 Å². The molecule has 0 aliphatic rings. The topological polar surface area (TPSA) is 108 Å². The minimum atomic E-state index is -1.63. The summed E-state index contributed by atoms with van der Waals surface area (Å²) in [5, 5.41) is 24.6. The zero-order valence-corrected chi connectivity index (χ0v) is 20.1. The Kier molecular flexibility index (Phi) is 8.39. The maximum Gasteiger partial charge on any atom is 0.394 e. The van der Waals surface area contributed by atoms with Gasteiger partial charge in [0.05, 0.1) is 10.0 Å². The maximum absolute atomic E-state index is 11.3. The van der Waals surface area contributed by atoms with Crippen molar-refractivity contribution in [1.82, 2.24) is 5.32 Å². The van der Waals surface area contributed by atoms with E-state index in [1.54, 1.807) is 12.1 Å². The van der Waals surface area contributed by atoms with Crippen LogP contribution >= 0.6 is 23.2 Å². The second-order valence-electron chi connectivity index (χ2n) is 7.92. The molecule has 0 radical (unpaired) electrons. The highest BCUT2D eigenvalue weighted by Crippen LogP contribution is 2.39. The van der Waals surface area contributed by atoms with E-state index in [0.717, 1.165) is 5.56 Å². The van der Waals surface area contributed by atoms with Crippen molar-refractivity contribution in [2.75, 3.05) is 5.32 Å². The van der Waals surface area contributed by atoms with Crippen LogP contribution in [0.15, 0.2) is 54.6 Å². The number of carboxylic acids is 1. The number of hydrogen-bond acceptors (Lipinski definition) is 5. The first-order valence-corrected chi connectivity index (χ1v) is 11.2. The van der Waals surface area contributed by atoms with Crippen molar-refractivity contribution in [3.8, 4) is 17.2 Å². The van der Waals surface area contributed by atoms with E-state index in [-0.39, 0.29) is 27.2 Å². The van der Waals surface area contributed by atoms with Gasteiger partial charge in [-0.15, -0.1) is 0 Å². The summed E-state index contributed by atoms with van der Waals surface area (Å²) in [4.78, 5) is 22.0. The highest BCUT2D eigenvalue weighted by atomic mass is 35.5. The standard InChI is InChI=1S/C25H24Cl2N2O5/c1-14(2)16-5-3-15(4-6-16)12-28-13-17-9-19(7-8-22(17)30)34-23-20(26)10-18(11-21(23)27)29-24(31)25(32)33/h3-11,14,28,30H,12-13H2,1-2H3,(H,29,31)(H,32,33). The van der Waals surface area contributed by atoms with E-state index >= 15 is 0 Å². The number of hydrogen-bond donors (Lipinski definition) is 4. The first-order chi connectivity index (χ1) is 16.1. The molecule has 0 saturated carbocycles. The van der Waals surface area contributed by atoms with Gasteiger partial charge < -0.3 is 25.6 Å². The molecule has 4 N–H and O–H groups in total. The Morgan fingerprint density at radius 2 is 1.62 bits per heavy atom. The number of benzene rings is 3. The molecule has 7 nitrogen and oxygen atoms in total. The van der Waals surface area contributed by atoms with Gasteiger partial charge in [0.1, 0.15) is 11.5 Å². The molecule has 0 aliphatic carbocycles. The molecule has 3 aromatic rings. The monoisotopic (exact) mass is 502 g/mol.